The molecule has 2 rings (SSSR count). The molecule has 152 valence electrons. The number of halogens is 1. The summed E-state index contributed by atoms with van der Waals surface area (Å²) in [4.78, 5) is 24.0. The van der Waals surface area contributed by atoms with Gasteiger partial charge in [-0.2, -0.15) is 0 Å². The molecule has 0 aliphatic carbocycles. The highest BCUT2D eigenvalue weighted by Crippen LogP contribution is 2.37. The molecule has 7 heteroatoms. The monoisotopic (exact) mass is 459 g/mol. The second-order valence-corrected chi connectivity index (χ2v) is 7.05. The molecule has 0 heterocycles. The van der Waals surface area contributed by atoms with Crippen LogP contribution in [0.15, 0.2) is 64.8 Å². The Morgan fingerprint density at radius 1 is 1.21 bits per heavy atom. The Bertz CT molecular complexity index is 938. The van der Waals surface area contributed by atoms with Crippen molar-refractivity contribution in [2.45, 2.75) is 13.8 Å². The zero-order valence-corrected chi connectivity index (χ0v) is 17.8. The molecule has 0 aliphatic rings. The highest BCUT2D eigenvalue weighted by atomic mass is 79.9. The first kappa shape index (κ1) is 22.2. The Labute approximate surface area is 178 Å². The molecule has 0 saturated heterocycles. The lowest BCUT2D eigenvalue weighted by atomic mass is 10.1. The van der Waals surface area contributed by atoms with Crippen molar-refractivity contribution >= 4 is 33.9 Å². The number of carboxylic acid groups (broad SMARTS) is 1. The molecule has 0 aromatic heterocycles. The molecule has 0 aliphatic heterocycles. The van der Waals surface area contributed by atoms with E-state index in [1.165, 1.54) is 6.08 Å². The van der Waals surface area contributed by atoms with E-state index in [0.717, 1.165) is 5.57 Å². The number of nitrogens with one attached hydrogen (secondary N) is 1. The third-order valence-electron chi connectivity index (χ3n) is 3.62. The largest absolute Gasteiger partial charge is 0.490 e. The molecule has 0 unspecified atom stereocenters. The van der Waals surface area contributed by atoms with Gasteiger partial charge in [0.1, 0.15) is 12.3 Å². The maximum Gasteiger partial charge on any atom is 0.352 e. The second kappa shape index (κ2) is 10.5. The summed E-state index contributed by atoms with van der Waals surface area (Å²) in [7, 11) is 0. The number of carboxylic acids is 1. The van der Waals surface area contributed by atoms with E-state index in [1.54, 1.807) is 42.5 Å². The molecule has 0 atom stereocenters. The van der Waals surface area contributed by atoms with Gasteiger partial charge < -0.3 is 19.9 Å². The van der Waals surface area contributed by atoms with Gasteiger partial charge in [0.15, 0.2) is 11.5 Å². The minimum atomic E-state index is -1.26. The van der Waals surface area contributed by atoms with E-state index in [4.69, 9.17) is 9.47 Å². The molecular weight excluding hydrogens is 438 g/mol. The fourth-order valence-corrected chi connectivity index (χ4v) is 2.95. The number of hydrogen-bond acceptors (Lipinski definition) is 4. The van der Waals surface area contributed by atoms with Crippen LogP contribution < -0.4 is 14.8 Å². The smallest absolute Gasteiger partial charge is 0.352 e. The molecule has 6 nitrogen and oxygen atoms in total. The van der Waals surface area contributed by atoms with Crippen LogP contribution >= 0.6 is 15.9 Å². The lowest BCUT2D eigenvalue weighted by Crippen LogP contribution is -2.27. The van der Waals surface area contributed by atoms with Crippen molar-refractivity contribution in [1.82, 2.24) is 5.32 Å². The zero-order valence-electron chi connectivity index (χ0n) is 16.2. The number of ether oxygens (including phenoxy) is 2. The summed E-state index contributed by atoms with van der Waals surface area (Å²) in [5.41, 5.74) is 1.47. The van der Waals surface area contributed by atoms with Gasteiger partial charge in [0, 0.05) is 5.56 Å². The maximum atomic E-state index is 12.3. The Morgan fingerprint density at radius 2 is 1.90 bits per heavy atom. The summed E-state index contributed by atoms with van der Waals surface area (Å²) < 4.78 is 12.0. The van der Waals surface area contributed by atoms with Crippen molar-refractivity contribution in [2.75, 3.05) is 13.2 Å². The molecule has 2 aromatic rings. The van der Waals surface area contributed by atoms with E-state index >= 15 is 0 Å². The van der Waals surface area contributed by atoms with Crippen LogP contribution in [-0.2, 0) is 4.79 Å². The first-order valence-electron chi connectivity index (χ1n) is 8.86. The molecule has 2 N–H and O–H groups in total. The van der Waals surface area contributed by atoms with Gasteiger partial charge in [0.2, 0.25) is 0 Å². The van der Waals surface area contributed by atoms with Crippen LogP contribution in [0.5, 0.6) is 11.5 Å². The van der Waals surface area contributed by atoms with E-state index < -0.39 is 11.9 Å². The van der Waals surface area contributed by atoms with Gasteiger partial charge in [0.05, 0.1) is 11.1 Å². The average molecular weight is 460 g/mol. The van der Waals surface area contributed by atoms with Crippen molar-refractivity contribution < 1.29 is 24.2 Å². The van der Waals surface area contributed by atoms with Crippen molar-refractivity contribution in [3.05, 3.63) is 75.9 Å². The van der Waals surface area contributed by atoms with E-state index in [1.807, 2.05) is 13.8 Å². The van der Waals surface area contributed by atoms with Crippen molar-refractivity contribution in [2.24, 2.45) is 0 Å². The Morgan fingerprint density at radius 3 is 2.48 bits per heavy atom. The summed E-state index contributed by atoms with van der Waals surface area (Å²) in [5.74, 6) is -0.818. The summed E-state index contributed by atoms with van der Waals surface area (Å²) in [6.45, 7) is 8.21. The Balaban J connectivity index is 2.36. The lowest BCUT2D eigenvalue weighted by molar-refractivity contribution is -0.132. The van der Waals surface area contributed by atoms with E-state index in [0.29, 0.717) is 40.3 Å². The van der Waals surface area contributed by atoms with Gasteiger partial charge in [-0.3, -0.25) is 4.79 Å². The molecule has 29 heavy (non-hydrogen) atoms. The first-order valence-corrected chi connectivity index (χ1v) is 9.66. The van der Waals surface area contributed by atoms with Crippen molar-refractivity contribution in [3.8, 4) is 11.5 Å². The number of carbonyl (C=O) groups excluding carboxylic acids is 1. The third kappa shape index (κ3) is 6.50. The van der Waals surface area contributed by atoms with E-state index in [9.17, 15) is 14.7 Å². The van der Waals surface area contributed by atoms with E-state index in [2.05, 4.69) is 27.8 Å². The van der Waals surface area contributed by atoms with Crippen LogP contribution in [0.1, 0.15) is 29.8 Å². The normalized spacial score (nSPS) is 10.9. The summed E-state index contributed by atoms with van der Waals surface area (Å²) in [6.07, 6.45) is 1.36. The molecule has 0 spiro atoms. The number of hydrogen-bond donors (Lipinski definition) is 2. The summed E-state index contributed by atoms with van der Waals surface area (Å²) in [5, 5.41) is 11.9. The van der Waals surface area contributed by atoms with Gasteiger partial charge in [-0.1, -0.05) is 24.8 Å². The maximum absolute atomic E-state index is 12.3. The molecule has 1 amide bonds. The van der Waals surface area contributed by atoms with Crippen LogP contribution in [0.25, 0.3) is 6.08 Å². The number of aliphatic carboxylic acids is 1. The molecule has 0 radical (unpaired) electrons. The average Bonchev–Trinajstić information content (AvgIpc) is 2.67. The van der Waals surface area contributed by atoms with Crippen molar-refractivity contribution in [1.29, 1.82) is 0 Å². The van der Waals surface area contributed by atoms with Gasteiger partial charge in [-0.15, -0.1) is 0 Å². The van der Waals surface area contributed by atoms with Gasteiger partial charge >= 0.3 is 5.97 Å². The first-order chi connectivity index (χ1) is 13.8. The number of amides is 1. The van der Waals surface area contributed by atoms with E-state index in [-0.39, 0.29) is 5.70 Å². The number of carbonyl (C=O) groups is 2. The Kier molecular flexibility index (Phi) is 8.03. The number of rotatable bonds is 9. The minimum Gasteiger partial charge on any atom is -0.490 e. The standard InChI is InChI=1S/C22H22BrNO5/c1-4-28-19-12-15(10-17(23)20(19)29-13-14(2)3)11-18(22(26)27)24-21(25)16-8-6-5-7-9-16/h5-12H,2,4,13H2,1,3H3,(H,24,25)(H,26,27)/b18-11+. The molecule has 0 bridgehead atoms. The van der Waals surface area contributed by atoms with Gasteiger partial charge in [-0.05, 0) is 71.3 Å². The van der Waals surface area contributed by atoms with Crippen LogP contribution in [-0.4, -0.2) is 30.2 Å². The van der Waals surface area contributed by atoms with Crippen LogP contribution in [0.2, 0.25) is 0 Å². The third-order valence-corrected chi connectivity index (χ3v) is 4.21. The molecule has 2 aromatic carbocycles. The highest BCUT2D eigenvalue weighted by Gasteiger charge is 2.16. The SMILES string of the molecule is C=C(C)COc1c(Br)cc(/C=C(/NC(=O)c2ccccc2)C(=O)O)cc1OCC. The van der Waals surface area contributed by atoms with Crippen LogP contribution in [0.4, 0.5) is 0 Å². The lowest BCUT2D eigenvalue weighted by Gasteiger charge is -2.15. The zero-order chi connectivity index (χ0) is 21.4. The topological polar surface area (TPSA) is 84.9 Å². The Hall–Kier alpha value is -3.06. The fourth-order valence-electron chi connectivity index (χ4n) is 2.37. The van der Waals surface area contributed by atoms with Gasteiger partial charge in [0.25, 0.3) is 5.91 Å². The molecular formula is C22H22BrNO5. The van der Waals surface area contributed by atoms with Crippen molar-refractivity contribution in [3.63, 3.8) is 0 Å². The van der Waals surface area contributed by atoms with Crippen LogP contribution in [0, 0.1) is 0 Å². The predicted molar refractivity (Wildman–Crippen MR) is 115 cm³/mol. The molecule has 0 fully saturated rings. The quantitative estimate of drug-likeness (QED) is 0.420. The predicted octanol–water partition coefficient (Wildman–Crippen LogP) is 4.66. The molecule has 0 saturated carbocycles. The van der Waals surface area contributed by atoms with Gasteiger partial charge in [-0.25, -0.2) is 4.79 Å². The highest BCUT2D eigenvalue weighted by molar-refractivity contribution is 9.10. The minimum absolute atomic E-state index is 0.260. The summed E-state index contributed by atoms with van der Waals surface area (Å²) in [6, 6.07) is 11.7. The second-order valence-electron chi connectivity index (χ2n) is 6.19. The fraction of sp³-hybridized carbons (Fsp3) is 0.182. The summed E-state index contributed by atoms with van der Waals surface area (Å²) >= 11 is 3.43. The number of benzene rings is 2. The van der Waals surface area contributed by atoms with Crippen LogP contribution in [0.3, 0.4) is 0 Å².